The van der Waals surface area contributed by atoms with Crippen LogP contribution in [0.3, 0.4) is 0 Å². The molecule has 0 radical (unpaired) electrons. The van der Waals surface area contributed by atoms with E-state index in [0.29, 0.717) is 0 Å². The highest BCUT2D eigenvalue weighted by molar-refractivity contribution is 4.69. The van der Waals surface area contributed by atoms with Crippen LogP contribution in [0.25, 0.3) is 0 Å². The van der Waals surface area contributed by atoms with Crippen LogP contribution in [-0.4, -0.2) is 39.0 Å². The Bertz CT molecular complexity index is 177. The second kappa shape index (κ2) is 7.25. The van der Waals surface area contributed by atoms with E-state index in [2.05, 4.69) is 19.2 Å². The Labute approximate surface area is 99.9 Å². The van der Waals surface area contributed by atoms with E-state index in [-0.39, 0.29) is 5.60 Å². The van der Waals surface area contributed by atoms with E-state index in [1.54, 1.807) is 7.11 Å². The molecule has 96 valence electrons. The summed E-state index contributed by atoms with van der Waals surface area (Å²) in [7, 11) is 1.76. The van der Waals surface area contributed by atoms with E-state index >= 15 is 0 Å². The van der Waals surface area contributed by atoms with Crippen LogP contribution in [0.2, 0.25) is 0 Å². The van der Waals surface area contributed by atoms with Crippen LogP contribution in [-0.2, 0) is 9.47 Å². The molecule has 1 fully saturated rings. The van der Waals surface area contributed by atoms with Gasteiger partial charge in [0.1, 0.15) is 0 Å². The van der Waals surface area contributed by atoms with Gasteiger partial charge in [-0.3, -0.25) is 0 Å². The van der Waals surface area contributed by atoms with Crippen LogP contribution in [0.15, 0.2) is 0 Å². The molecular formula is C13H27NO2. The maximum atomic E-state index is 5.67. The highest BCUT2D eigenvalue weighted by atomic mass is 16.5. The Morgan fingerprint density at radius 2 is 2.12 bits per heavy atom. The van der Waals surface area contributed by atoms with Crippen LogP contribution in [0, 0.1) is 5.92 Å². The molecule has 0 aromatic rings. The third-order valence-corrected chi connectivity index (χ3v) is 3.47. The molecule has 0 amide bonds. The van der Waals surface area contributed by atoms with Crippen LogP contribution in [0.5, 0.6) is 0 Å². The number of ether oxygens (including phenoxy) is 2. The fourth-order valence-corrected chi connectivity index (χ4v) is 1.94. The van der Waals surface area contributed by atoms with Gasteiger partial charge in [0, 0.05) is 20.3 Å². The molecule has 0 saturated carbocycles. The first-order valence-electron chi connectivity index (χ1n) is 6.48. The highest BCUT2D eigenvalue weighted by Crippen LogP contribution is 2.15. The highest BCUT2D eigenvalue weighted by Gasteiger charge is 2.16. The van der Waals surface area contributed by atoms with Gasteiger partial charge in [-0.15, -0.1) is 0 Å². The van der Waals surface area contributed by atoms with Crippen molar-refractivity contribution in [1.29, 1.82) is 0 Å². The zero-order valence-electron chi connectivity index (χ0n) is 11.1. The summed E-state index contributed by atoms with van der Waals surface area (Å²) in [6, 6.07) is 0. The van der Waals surface area contributed by atoms with Crippen molar-refractivity contribution in [3.8, 4) is 0 Å². The molecule has 0 spiro atoms. The summed E-state index contributed by atoms with van der Waals surface area (Å²) in [6.45, 7) is 8.27. The molecule has 1 heterocycles. The van der Waals surface area contributed by atoms with E-state index in [4.69, 9.17) is 9.47 Å². The lowest BCUT2D eigenvalue weighted by Crippen LogP contribution is -2.30. The maximum absolute atomic E-state index is 5.67. The van der Waals surface area contributed by atoms with Crippen LogP contribution in [0.4, 0.5) is 0 Å². The minimum atomic E-state index is -0.0492. The quantitative estimate of drug-likeness (QED) is 0.679. The Morgan fingerprint density at radius 3 is 2.75 bits per heavy atom. The van der Waals surface area contributed by atoms with Gasteiger partial charge in [0.25, 0.3) is 0 Å². The van der Waals surface area contributed by atoms with Gasteiger partial charge in [-0.2, -0.15) is 0 Å². The number of hydrogen-bond acceptors (Lipinski definition) is 3. The van der Waals surface area contributed by atoms with Gasteiger partial charge in [0.05, 0.1) is 5.60 Å². The zero-order valence-corrected chi connectivity index (χ0v) is 11.1. The van der Waals surface area contributed by atoms with E-state index in [1.807, 2.05) is 0 Å². The van der Waals surface area contributed by atoms with Gasteiger partial charge in [-0.05, 0) is 58.5 Å². The lowest BCUT2D eigenvalue weighted by atomic mass is 9.97. The first kappa shape index (κ1) is 13.9. The Morgan fingerprint density at radius 1 is 1.31 bits per heavy atom. The van der Waals surface area contributed by atoms with Crippen LogP contribution < -0.4 is 5.32 Å². The van der Waals surface area contributed by atoms with Crippen LogP contribution in [0.1, 0.15) is 39.5 Å². The average Bonchev–Trinajstić information content (AvgIpc) is 2.30. The number of methoxy groups -OCH3 is 1. The minimum Gasteiger partial charge on any atom is -0.381 e. The first-order valence-corrected chi connectivity index (χ1v) is 6.48. The molecule has 3 heteroatoms. The molecule has 3 nitrogen and oxygen atoms in total. The van der Waals surface area contributed by atoms with Crippen molar-refractivity contribution in [1.82, 2.24) is 5.32 Å². The summed E-state index contributed by atoms with van der Waals surface area (Å²) < 4.78 is 11.0. The normalized spacial score (nSPS) is 22.3. The van der Waals surface area contributed by atoms with E-state index in [1.165, 1.54) is 32.4 Å². The van der Waals surface area contributed by atoms with Crippen molar-refractivity contribution in [3.63, 3.8) is 0 Å². The third kappa shape index (κ3) is 5.83. The molecule has 1 unspecified atom stereocenters. The number of nitrogens with one attached hydrogen (secondary N) is 1. The predicted molar refractivity (Wildman–Crippen MR) is 66.7 cm³/mol. The second-order valence-electron chi connectivity index (χ2n) is 5.33. The smallest absolute Gasteiger partial charge is 0.0644 e. The molecule has 1 aliphatic rings. The summed E-state index contributed by atoms with van der Waals surface area (Å²) in [5, 5.41) is 3.43. The second-order valence-corrected chi connectivity index (χ2v) is 5.33. The van der Waals surface area contributed by atoms with Crippen molar-refractivity contribution in [3.05, 3.63) is 0 Å². The fraction of sp³-hybridized carbons (Fsp3) is 1.00. The van der Waals surface area contributed by atoms with Crippen molar-refractivity contribution >= 4 is 0 Å². The van der Waals surface area contributed by atoms with E-state index in [0.717, 1.165) is 25.6 Å². The van der Waals surface area contributed by atoms with Crippen LogP contribution >= 0.6 is 0 Å². The topological polar surface area (TPSA) is 30.5 Å². The molecule has 1 aliphatic heterocycles. The lowest BCUT2D eigenvalue weighted by Gasteiger charge is -2.24. The van der Waals surface area contributed by atoms with Crippen molar-refractivity contribution in [2.24, 2.45) is 5.92 Å². The van der Waals surface area contributed by atoms with Crippen molar-refractivity contribution in [2.75, 3.05) is 33.4 Å². The Kier molecular flexibility index (Phi) is 6.32. The van der Waals surface area contributed by atoms with E-state index in [9.17, 15) is 0 Å². The summed E-state index contributed by atoms with van der Waals surface area (Å²) in [6.07, 6.45) is 4.84. The fourth-order valence-electron chi connectivity index (χ4n) is 1.94. The number of hydrogen-bond donors (Lipinski definition) is 1. The maximum Gasteiger partial charge on any atom is 0.0644 e. The molecule has 0 aromatic heterocycles. The molecule has 1 saturated heterocycles. The number of piperidine rings is 1. The van der Waals surface area contributed by atoms with Gasteiger partial charge in [0.15, 0.2) is 0 Å². The predicted octanol–water partition coefficient (Wildman–Crippen LogP) is 2.21. The third-order valence-electron chi connectivity index (χ3n) is 3.47. The first-order chi connectivity index (χ1) is 7.64. The van der Waals surface area contributed by atoms with E-state index < -0.39 is 0 Å². The molecule has 1 rings (SSSR count). The molecule has 16 heavy (non-hydrogen) atoms. The molecule has 1 atom stereocenters. The Balaban J connectivity index is 1.95. The molecule has 1 N–H and O–H groups in total. The minimum absolute atomic E-state index is 0.0492. The Hall–Kier alpha value is -0.120. The largest absolute Gasteiger partial charge is 0.381 e. The summed E-state index contributed by atoms with van der Waals surface area (Å²) >= 11 is 0. The SMILES string of the molecule is COC(C)(C)CCOCCC1CCCNC1. The van der Waals surface area contributed by atoms with Gasteiger partial charge >= 0.3 is 0 Å². The summed E-state index contributed by atoms with van der Waals surface area (Å²) in [4.78, 5) is 0. The average molecular weight is 229 g/mol. The number of rotatable bonds is 7. The van der Waals surface area contributed by atoms with Gasteiger partial charge in [0.2, 0.25) is 0 Å². The molecule has 0 aromatic carbocycles. The summed E-state index contributed by atoms with van der Waals surface area (Å²) in [5.74, 6) is 0.823. The monoisotopic (exact) mass is 229 g/mol. The zero-order chi connectivity index (χ0) is 11.9. The molecular weight excluding hydrogens is 202 g/mol. The van der Waals surface area contributed by atoms with Crippen molar-refractivity contribution in [2.45, 2.75) is 45.1 Å². The molecule has 0 bridgehead atoms. The van der Waals surface area contributed by atoms with Gasteiger partial charge < -0.3 is 14.8 Å². The van der Waals surface area contributed by atoms with Gasteiger partial charge in [-0.1, -0.05) is 0 Å². The lowest BCUT2D eigenvalue weighted by molar-refractivity contribution is -0.0113. The van der Waals surface area contributed by atoms with Crippen molar-refractivity contribution < 1.29 is 9.47 Å². The van der Waals surface area contributed by atoms with Gasteiger partial charge in [-0.25, -0.2) is 0 Å². The molecule has 0 aliphatic carbocycles. The standard InChI is InChI=1S/C13H27NO2/c1-13(2,15-3)7-10-16-9-6-12-5-4-8-14-11-12/h12,14H,4-11H2,1-3H3. The summed E-state index contributed by atoms with van der Waals surface area (Å²) in [5.41, 5.74) is -0.0492.